The van der Waals surface area contributed by atoms with E-state index in [0.29, 0.717) is 5.92 Å². The molecule has 1 aliphatic carbocycles. The van der Waals surface area contributed by atoms with Crippen molar-refractivity contribution in [2.75, 3.05) is 5.73 Å². The topological polar surface area (TPSA) is 48.0 Å². The molecule has 1 heterocycles. The Morgan fingerprint density at radius 3 is 2.38 bits per heavy atom. The van der Waals surface area contributed by atoms with Crippen LogP contribution < -0.4 is 5.73 Å². The van der Waals surface area contributed by atoms with E-state index in [1.165, 1.54) is 18.4 Å². The van der Waals surface area contributed by atoms with Gasteiger partial charge in [-0.2, -0.15) is 0 Å². The molecular formula is C25H35ClN2O. The van der Waals surface area contributed by atoms with Crippen LogP contribution in [0.1, 0.15) is 58.8 Å². The zero-order valence-electron chi connectivity index (χ0n) is 17.8. The maximum Gasteiger partial charge on any atom is 0.224 e. The first kappa shape index (κ1) is 23.3. The predicted octanol–water partition coefficient (Wildman–Crippen LogP) is 7.06. The average molecular weight is 415 g/mol. The van der Waals surface area contributed by atoms with Gasteiger partial charge in [0.25, 0.3) is 0 Å². The van der Waals surface area contributed by atoms with Crippen LogP contribution in [0.25, 0.3) is 11.1 Å². The molecule has 1 saturated carbocycles. The van der Waals surface area contributed by atoms with Crippen molar-refractivity contribution in [3.05, 3.63) is 54.7 Å². The zero-order valence-corrected chi connectivity index (χ0v) is 18.6. The summed E-state index contributed by atoms with van der Waals surface area (Å²) in [5.74, 6) is 1.34. The first-order valence-electron chi connectivity index (χ1n) is 10.8. The van der Waals surface area contributed by atoms with Crippen molar-refractivity contribution in [3.8, 4) is 11.1 Å². The largest absolute Gasteiger partial charge is 0.385 e. The van der Waals surface area contributed by atoms with Gasteiger partial charge in [-0.05, 0) is 68.7 Å². The molecule has 2 aromatic rings. The summed E-state index contributed by atoms with van der Waals surface area (Å²) < 4.78 is 2.11. The van der Waals surface area contributed by atoms with Gasteiger partial charge in [-0.15, -0.1) is 0 Å². The van der Waals surface area contributed by atoms with Crippen molar-refractivity contribution in [2.45, 2.75) is 65.3 Å². The van der Waals surface area contributed by atoms with Crippen LogP contribution in [-0.2, 0) is 11.3 Å². The first-order chi connectivity index (χ1) is 14.1. The fourth-order valence-electron chi connectivity index (χ4n) is 4.04. The van der Waals surface area contributed by atoms with E-state index in [0.717, 1.165) is 50.0 Å². The van der Waals surface area contributed by atoms with E-state index in [-0.39, 0.29) is 11.2 Å². The number of unbranched alkanes of at least 4 members (excludes halogenated alkanes) is 1. The van der Waals surface area contributed by atoms with Gasteiger partial charge in [-0.25, -0.2) is 0 Å². The van der Waals surface area contributed by atoms with E-state index in [1.54, 1.807) is 0 Å². The number of aryl methyl sites for hydroxylation is 1. The van der Waals surface area contributed by atoms with Crippen LogP contribution in [0.2, 0.25) is 0 Å². The number of rotatable bonds is 8. The molecule has 2 N–H and O–H groups in total. The summed E-state index contributed by atoms with van der Waals surface area (Å²) in [5, 5.41) is -0.140. The molecule has 1 aliphatic rings. The van der Waals surface area contributed by atoms with Gasteiger partial charge in [-0.1, -0.05) is 61.7 Å². The Balaban J connectivity index is 0.000000687. The lowest BCUT2D eigenvalue weighted by molar-refractivity contribution is -0.116. The Hall–Kier alpha value is -2.00. The number of halogens is 1. The fourth-order valence-corrected chi connectivity index (χ4v) is 4.33. The number of anilines is 1. The van der Waals surface area contributed by atoms with Gasteiger partial charge in [0.1, 0.15) is 5.82 Å². The summed E-state index contributed by atoms with van der Waals surface area (Å²) in [4.78, 5) is 11.7. The molecule has 0 saturated heterocycles. The highest BCUT2D eigenvalue weighted by Crippen LogP contribution is 2.35. The van der Waals surface area contributed by atoms with Crippen LogP contribution in [0.15, 0.2) is 54.7 Å². The first-order valence-corrected chi connectivity index (χ1v) is 11.2. The standard InChI is InChI=1S/C21H27ClN2O.C4H8/c22-21(25)19(17-10-4-5-11-17)12-6-7-13-24-15-18(14-20(24)23)16-8-2-1-3-9-16;1-3-4-2/h1-3,8-9,14-15,17,19H,4-7,10-13,23H2;3-4H,1-2H3/b;4-3-. The van der Waals surface area contributed by atoms with Gasteiger partial charge >= 0.3 is 0 Å². The van der Waals surface area contributed by atoms with E-state index in [1.807, 2.05) is 50.3 Å². The summed E-state index contributed by atoms with van der Waals surface area (Å²) in [6.07, 6.45) is 13.9. The molecule has 1 aromatic heterocycles. The molecule has 0 radical (unpaired) electrons. The van der Waals surface area contributed by atoms with Crippen LogP contribution >= 0.6 is 11.6 Å². The Kier molecular flexibility index (Phi) is 10.1. The highest BCUT2D eigenvalue weighted by molar-refractivity contribution is 6.64. The maximum absolute atomic E-state index is 11.7. The van der Waals surface area contributed by atoms with Gasteiger partial charge in [-0.3, -0.25) is 4.79 Å². The number of benzene rings is 1. The Morgan fingerprint density at radius 1 is 1.14 bits per heavy atom. The molecule has 0 aliphatic heterocycles. The zero-order chi connectivity index (χ0) is 21.1. The Bertz CT molecular complexity index is 756. The van der Waals surface area contributed by atoms with Crippen LogP contribution in [0.5, 0.6) is 0 Å². The van der Waals surface area contributed by atoms with Crippen molar-refractivity contribution in [2.24, 2.45) is 11.8 Å². The molecular weight excluding hydrogens is 380 g/mol. The van der Waals surface area contributed by atoms with Gasteiger partial charge in [0.05, 0.1) is 0 Å². The second kappa shape index (κ2) is 12.5. The van der Waals surface area contributed by atoms with Crippen molar-refractivity contribution in [1.82, 2.24) is 4.57 Å². The number of allylic oxidation sites excluding steroid dienone is 2. The lowest BCUT2D eigenvalue weighted by atomic mass is 9.87. The molecule has 0 spiro atoms. The number of carbonyl (C=O) groups is 1. The van der Waals surface area contributed by atoms with Crippen LogP contribution in [-0.4, -0.2) is 9.81 Å². The van der Waals surface area contributed by atoms with E-state index >= 15 is 0 Å². The molecule has 3 rings (SSSR count). The SMILES string of the molecule is C/C=C\C.Nc1cc(-c2ccccc2)cn1CCCCC(C(=O)Cl)C1CCCC1. The number of hydrogen-bond donors (Lipinski definition) is 1. The van der Waals surface area contributed by atoms with Crippen LogP contribution in [0.4, 0.5) is 5.82 Å². The van der Waals surface area contributed by atoms with E-state index in [9.17, 15) is 4.79 Å². The number of carbonyl (C=O) groups excluding carboxylic acids is 1. The van der Waals surface area contributed by atoms with Gasteiger partial charge in [0.2, 0.25) is 5.24 Å². The number of nitrogen functional groups attached to an aromatic ring is 1. The second-order valence-corrected chi connectivity index (χ2v) is 8.20. The minimum absolute atomic E-state index is 0.0473. The fraction of sp³-hybridized carbons (Fsp3) is 0.480. The van der Waals surface area contributed by atoms with Gasteiger partial charge in [0, 0.05) is 24.2 Å². The minimum Gasteiger partial charge on any atom is -0.385 e. The lowest BCUT2D eigenvalue weighted by Crippen LogP contribution is -2.18. The highest BCUT2D eigenvalue weighted by Gasteiger charge is 2.28. The second-order valence-electron chi connectivity index (χ2n) is 7.83. The van der Waals surface area contributed by atoms with Crippen LogP contribution in [0, 0.1) is 11.8 Å². The number of hydrogen-bond acceptors (Lipinski definition) is 2. The summed E-state index contributed by atoms with van der Waals surface area (Å²) in [5.41, 5.74) is 8.49. The maximum atomic E-state index is 11.7. The van der Waals surface area contributed by atoms with Crippen molar-refractivity contribution in [3.63, 3.8) is 0 Å². The molecule has 3 nitrogen and oxygen atoms in total. The average Bonchev–Trinajstić information content (AvgIpc) is 3.39. The number of aromatic nitrogens is 1. The number of nitrogens with two attached hydrogens (primary N) is 1. The molecule has 29 heavy (non-hydrogen) atoms. The highest BCUT2D eigenvalue weighted by atomic mass is 35.5. The van der Waals surface area contributed by atoms with Gasteiger partial charge < -0.3 is 10.3 Å². The van der Waals surface area contributed by atoms with Gasteiger partial charge in [0.15, 0.2) is 0 Å². The van der Waals surface area contributed by atoms with E-state index in [2.05, 4.69) is 22.9 Å². The van der Waals surface area contributed by atoms with Crippen molar-refractivity contribution < 1.29 is 4.79 Å². The Labute approximate surface area is 180 Å². The normalized spacial score (nSPS) is 15.3. The number of nitrogens with zero attached hydrogens (tertiary/aromatic N) is 1. The molecule has 1 aromatic carbocycles. The van der Waals surface area contributed by atoms with Crippen molar-refractivity contribution >= 4 is 22.7 Å². The molecule has 4 heteroatoms. The van der Waals surface area contributed by atoms with Crippen LogP contribution in [0.3, 0.4) is 0 Å². The molecule has 0 bridgehead atoms. The third kappa shape index (κ3) is 7.40. The van der Waals surface area contributed by atoms with E-state index in [4.69, 9.17) is 17.3 Å². The van der Waals surface area contributed by atoms with E-state index < -0.39 is 0 Å². The molecule has 1 unspecified atom stereocenters. The predicted molar refractivity (Wildman–Crippen MR) is 125 cm³/mol. The third-order valence-corrected chi connectivity index (χ3v) is 6.08. The molecule has 1 fully saturated rings. The summed E-state index contributed by atoms with van der Waals surface area (Å²) >= 11 is 5.85. The summed E-state index contributed by atoms with van der Waals surface area (Å²) in [6.45, 7) is 4.88. The Morgan fingerprint density at radius 2 is 1.79 bits per heavy atom. The summed E-state index contributed by atoms with van der Waals surface area (Å²) in [7, 11) is 0. The van der Waals surface area contributed by atoms with Crippen molar-refractivity contribution in [1.29, 1.82) is 0 Å². The molecule has 158 valence electrons. The molecule has 1 atom stereocenters. The smallest absolute Gasteiger partial charge is 0.224 e. The quantitative estimate of drug-likeness (QED) is 0.285. The minimum atomic E-state index is -0.140. The lowest BCUT2D eigenvalue weighted by Gasteiger charge is -2.19. The summed E-state index contributed by atoms with van der Waals surface area (Å²) in [6, 6.07) is 12.3. The molecule has 0 amide bonds. The monoisotopic (exact) mass is 414 g/mol. The third-order valence-electron chi connectivity index (χ3n) is 5.79.